The Morgan fingerprint density at radius 1 is 0.650 bits per heavy atom. The zero-order chi connectivity index (χ0) is 28.2. The summed E-state index contributed by atoms with van der Waals surface area (Å²) in [4.78, 5) is 37.1. The molecule has 0 aliphatic rings. The molecule has 0 unspecified atom stereocenters. The van der Waals surface area contributed by atoms with Crippen LogP contribution in [0.5, 0.6) is 11.5 Å². The Bertz CT molecular complexity index is 1580. The number of hydrogen-bond acceptors (Lipinski definition) is 6. The van der Waals surface area contributed by atoms with Crippen molar-refractivity contribution in [2.75, 3.05) is 0 Å². The van der Waals surface area contributed by atoms with E-state index < -0.39 is 11.9 Å². The van der Waals surface area contributed by atoms with Gasteiger partial charge in [0, 0.05) is 33.3 Å². The molecule has 7 nitrogen and oxygen atoms in total. The van der Waals surface area contributed by atoms with Crippen molar-refractivity contribution in [3.8, 4) is 11.5 Å². The van der Waals surface area contributed by atoms with E-state index in [9.17, 15) is 14.4 Å². The number of esters is 2. The van der Waals surface area contributed by atoms with Gasteiger partial charge in [0.15, 0.2) is 0 Å². The molecular formula is C32H23BrN2O5. The van der Waals surface area contributed by atoms with E-state index in [0.29, 0.717) is 22.4 Å². The zero-order valence-electron chi connectivity index (χ0n) is 21.1. The second-order valence-corrected chi connectivity index (χ2v) is 9.12. The zero-order valence-corrected chi connectivity index (χ0v) is 22.7. The number of carbonyl (C=O) groups excluding carboxylic acids is 3. The number of hydrogen-bond donors (Lipinski definition) is 1. The number of para-hydroxylation sites is 2. The topological polar surface area (TPSA) is 94.1 Å². The molecule has 1 N–H and O–H groups in total. The minimum absolute atomic E-state index is 0.254. The molecule has 0 radical (unpaired) electrons. The predicted molar refractivity (Wildman–Crippen MR) is 158 cm³/mol. The molecule has 0 aromatic heterocycles. The molecular weight excluding hydrogens is 572 g/mol. The maximum absolute atomic E-state index is 12.6. The summed E-state index contributed by atoms with van der Waals surface area (Å²) in [5.41, 5.74) is 4.77. The summed E-state index contributed by atoms with van der Waals surface area (Å²) in [6, 6.07) is 29.8. The Morgan fingerprint density at radius 2 is 1.20 bits per heavy atom. The first-order chi connectivity index (χ1) is 19.5. The van der Waals surface area contributed by atoms with Crippen molar-refractivity contribution < 1.29 is 23.9 Å². The van der Waals surface area contributed by atoms with Crippen LogP contribution in [0.3, 0.4) is 0 Å². The third-order valence-corrected chi connectivity index (χ3v) is 5.87. The molecule has 4 rings (SSSR count). The van der Waals surface area contributed by atoms with Gasteiger partial charge >= 0.3 is 11.9 Å². The fourth-order valence-corrected chi connectivity index (χ4v) is 3.65. The molecule has 0 atom stereocenters. The molecule has 1 amide bonds. The normalized spacial score (nSPS) is 11.1. The Hall–Kier alpha value is -5.08. The van der Waals surface area contributed by atoms with Gasteiger partial charge in [0.25, 0.3) is 5.91 Å². The third-order valence-electron chi connectivity index (χ3n) is 5.35. The number of nitrogens with zero attached hydrogens (tertiary/aromatic N) is 1. The van der Waals surface area contributed by atoms with E-state index in [1.165, 1.54) is 24.4 Å². The van der Waals surface area contributed by atoms with Gasteiger partial charge in [-0.3, -0.25) is 4.79 Å². The number of ether oxygens (including phenoxy) is 2. The molecule has 0 aliphatic carbocycles. The summed E-state index contributed by atoms with van der Waals surface area (Å²) in [6.45, 7) is 0. The van der Waals surface area contributed by atoms with Crippen LogP contribution in [0, 0.1) is 0 Å². The second kappa shape index (κ2) is 14.2. The first-order valence-electron chi connectivity index (χ1n) is 12.1. The van der Waals surface area contributed by atoms with Gasteiger partial charge in [-0.2, -0.15) is 5.10 Å². The van der Waals surface area contributed by atoms with Gasteiger partial charge in [0.05, 0.1) is 6.21 Å². The number of amides is 1. The standard InChI is InChI=1S/C32H23BrN2O5/c33-27-18-15-25(16-19-27)32(38)35-34-22-26-11-5-7-13-29(26)40-31(37)21-17-24-10-4-6-12-28(24)39-30(36)20-14-23-8-2-1-3-9-23/h1-22H,(H,35,38)/b20-14+,21-17+,34-22+. The largest absolute Gasteiger partial charge is 0.423 e. The molecule has 0 fully saturated rings. The van der Waals surface area contributed by atoms with E-state index in [4.69, 9.17) is 9.47 Å². The summed E-state index contributed by atoms with van der Waals surface area (Å²) in [5.74, 6) is -1.03. The van der Waals surface area contributed by atoms with Gasteiger partial charge in [0.2, 0.25) is 0 Å². The molecule has 0 saturated carbocycles. The van der Waals surface area contributed by atoms with Gasteiger partial charge in [-0.25, -0.2) is 15.0 Å². The lowest BCUT2D eigenvalue weighted by Crippen LogP contribution is -2.17. The minimum Gasteiger partial charge on any atom is -0.423 e. The van der Waals surface area contributed by atoms with Crippen molar-refractivity contribution in [3.63, 3.8) is 0 Å². The molecule has 4 aromatic rings. The molecule has 40 heavy (non-hydrogen) atoms. The molecule has 198 valence electrons. The van der Waals surface area contributed by atoms with Gasteiger partial charge in [-0.15, -0.1) is 0 Å². The summed E-state index contributed by atoms with van der Waals surface area (Å²) >= 11 is 3.33. The lowest BCUT2D eigenvalue weighted by Gasteiger charge is -2.06. The fourth-order valence-electron chi connectivity index (χ4n) is 3.39. The second-order valence-electron chi connectivity index (χ2n) is 8.20. The van der Waals surface area contributed by atoms with Gasteiger partial charge in [0.1, 0.15) is 11.5 Å². The van der Waals surface area contributed by atoms with Gasteiger partial charge in [-0.05, 0) is 60.2 Å². The van der Waals surface area contributed by atoms with E-state index in [1.807, 2.05) is 30.3 Å². The van der Waals surface area contributed by atoms with Crippen molar-refractivity contribution in [2.24, 2.45) is 5.10 Å². The van der Waals surface area contributed by atoms with E-state index in [1.54, 1.807) is 78.9 Å². The first kappa shape index (κ1) is 27.9. The Balaban J connectivity index is 1.37. The maximum Gasteiger partial charge on any atom is 0.336 e. The van der Waals surface area contributed by atoms with E-state index in [-0.39, 0.29) is 11.7 Å². The van der Waals surface area contributed by atoms with Crippen molar-refractivity contribution >= 4 is 52.1 Å². The van der Waals surface area contributed by atoms with Crippen LogP contribution in [0.15, 0.2) is 125 Å². The predicted octanol–water partition coefficient (Wildman–Crippen LogP) is 6.45. The average molecular weight is 595 g/mol. The minimum atomic E-state index is -0.648. The van der Waals surface area contributed by atoms with E-state index in [0.717, 1.165) is 10.0 Å². The number of benzene rings is 4. The SMILES string of the molecule is O=C(/C=C/c1ccccc1)Oc1ccccc1/C=C/C(=O)Oc1ccccc1/C=N/NC(=O)c1ccc(Br)cc1. The third kappa shape index (κ3) is 8.47. The summed E-state index contributed by atoms with van der Waals surface area (Å²) in [5, 5.41) is 3.98. The Kier molecular flexibility index (Phi) is 9.90. The molecule has 0 spiro atoms. The highest BCUT2D eigenvalue weighted by Crippen LogP contribution is 2.21. The van der Waals surface area contributed by atoms with Gasteiger partial charge in [-0.1, -0.05) is 76.6 Å². The number of halogens is 1. The van der Waals surface area contributed by atoms with Crippen LogP contribution < -0.4 is 14.9 Å². The van der Waals surface area contributed by atoms with Crippen LogP contribution in [-0.2, 0) is 9.59 Å². The Morgan fingerprint density at radius 3 is 1.88 bits per heavy atom. The number of rotatable bonds is 9. The number of nitrogens with one attached hydrogen (secondary N) is 1. The molecule has 0 saturated heterocycles. The average Bonchev–Trinajstić information content (AvgIpc) is 2.97. The monoisotopic (exact) mass is 594 g/mol. The first-order valence-corrected chi connectivity index (χ1v) is 12.9. The summed E-state index contributed by atoms with van der Waals surface area (Å²) < 4.78 is 11.8. The van der Waals surface area contributed by atoms with E-state index >= 15 is 0 Å². The maximum atomic E-state index is 12.6. The van der Waals surface area contributed by atoms with Crippen LogP contribution in [0.4, 0.5) is 0 Å². The van der Waals surface area contributed by atoms with Crippen LogP contribution in [0.2, 0.25) is 0 Å². The lowest BCUT2D eigenvalue weighted by atomic mass is 10.2. The van der Waals surface area contributed by atoms with Crippen molar-refractivity contribution in [1.82, 2.24) is 5.43 Å². The molecule has 0 bridgehead atoms. The van der Waals surface area contributed by atoms with Crippen LogP contribution in [0.1, 0.15) is 27.0 Å². The molecule has 4 aromatic carbocycles. The molecule has 0 aliphatic heterocycles. The summed E-state index contributed by atoms with van der Waals surface area (Å²) in [6.07, 6.45) is 7.12. The van der Waals surface area contributed by atoms with Crippen molar-refractivity contribution in [3.05, 3.63) is 142 Å². The highest BCUT2D eigenvalue weighted by molar-refractivity contribution is 9.10. The van der Waals surface area contributed by atoms with Gasteiger partial charge < -0.3 is 9.47 Å². The number of carbonyl (C=O) groups is 3. The fraction of sp³-hybridized carbons (Fsp3) is 0. The van der Waals surface area contributed by atoms with Crippen LogP contribution in [-0.4, -0.2) is 24.1 Å². The van der Waals surface area contributed by atoms with Crippen LogP contribution in [0.25, 0.3) is 12.2 Å². The highest BCUT2D eigenvalue weighted by atomic mass is 79.9. The highest BCUT2D eigenvalue weighted by Gasteiger charge is 2.09. The Labute approximate surface area is 239 Å². The quantitative estimate of drug-likeness (QED) is 0.0790. The van der Waals surface area contributed by atoms with E-state index in [2.05, 4.69) is 26.5 Å². The van der Waals surface area contributed by atoms with Crippen LogP contribution >= 0.6 is 15.9 Å². The smallest absolute Gasteiger partial charge is 0.336 e. The van der Waals surface area contributed by atoms with Crippen molar-refractivity contribution in [2.45, 2.75) is 0 Å². The number of hydrazone groups is 1. The molecule has 8 heteroatoms. The lowest BCUT2D eigenvalue weighted by molar-refractivity contribution is -0.129. The summed E-state index contributed by atoms with van der Waals surface area (Å²) in [7, 11) is 0. The molecule has 0 heterocycles. The van der Waals surface area contributed by atoms with Crippen molar-refractivity contribution in [1.29, 1.82) is 0 Å².